The summed E-state index contributed by atoms with van der Waals surface area (Å²) in [7, 11) is 3.28. The lowest BCUT2D eigenvalue weighted by Gasteiger charge is -2.38. The number of fused-ring (bicyclic) bond motifs is 2. The van der Waals surface area contributed by atoms with Crippen molar-refractivity contribution in [3.63, 3.8) is 0 Å². The second kappa shape index (κ2) is 9.06. The number of nitrogens with one attached hydrogen (secondary N) is 2. The molecular weight excluding hydrogens is 416 g/mol. The molecule has 0 radical (unpaired) electrons. The fraction of sp³-hybridized carbons (Fsp3) is 0.462. The lowest BCUT2D eigenvalue weighted by Crippen LogP contribution is -2.54. The van der Waals surface area contributed by atoms with Gasteiger partial charge in [-0.3, -0.25) is 10.1 Å². The van der Waals surface area contributed by atoms with Gasteiger partial charge in [0.25, 0.3) is 0 Å². The molecule has 0 fully saturated rings. The molecular formula is C26H34N4O3. The van der Waals surface area contributed by atoms with E-state index in [1.807, 2.05) is 48.2 Å². The van der Waals surface area contributed by atoms with Crippen LogP contribution in [0.4, 0.5) is 0 Å². The Morgan fingerprint density at radius 3 is 2.42 bits per heavy atom. The molecule has 7 nitrogen and oxygen atoms in total. The Kier molecular flexibility index (Phi) is 6.34. The van der Waals surface area contributed by atoms with Crippen LogP contribution in [0.2, 0.25) is 0 Å². The summed E-state index contributed by atoms with van der Waals surface area (Å²) in [6.45, 7) is 9.57. The van der Waals surface area contributed by atoms with Crippen molar-refractivity contribution < 1.29 is 14.3 Å². The number of hydrogen-bond donors (Lipinski definition) is 2. The number of nitrogens with zero attached hydrogens (tertiary/aromatic N) is 2. The maximum atomic E-state index is 13.7. The van der Waals surface area contributed by atoms with Gasteiger partial charge in [0.15, 0.2) is 11.5 Å². The SMILES string of the molecule is COc1cc2c(cc1OC)CN(C(=O)C(NC(C)c1nc3ccccc3[nH]1)C(C)(C)C)CC2. The minimum absolute atomic E-state index is 0.103. The van der Waals surface area contributed by atoms with Crippen molar-refractivity contribution >= 4 is 16.9 Å². The van der Waals surface area contributed by atoms with E-state index in [-0.39, 0.29) is 23.4 Å². The number of methoxy groups -OCH3 is 2. The van der Waals surface area contributed by atoms with Crippen molar-refractivity contribution in [2.75, 3.05) is 20.8 Å². The van der Waals surface area contributed by atoms with E-state index in [0.717, 1.165) is 34.6 Å². The number of hydrogen-bond acceptors (Lipinski definition) is 5. The summed E-state index contributed by atoms with van der Waals surface area (Å²) in [5.41, 5.74) is 3.96. The summed E-state index contributed by atoms with van der Waals surface area (Å²) in [6.07, 6.45) is 0.789. The first-order chi connectivity index (χ1) is 15.7. The Bertz CT molecular complexity index is 1120. The van der Waals surface area contributed by atoms with Crippen LogP contribution in [-0.4, -0.2) is 47.6 Å². The monoisotopic (exact) mass is 450 g/mol. The fourth-order valence-electron chi connectivity index (χ4n) is 4.45. The summed E-state index contributed by atoms with van der Waals surface area (Å²) in [4.78, 5) is 23.8. The number of ether oxygens (including phenoxy) is 2. The molecule has 2 unspecified atom stereocenters. The molecule has 0 spiro atoms. The van der Waals surface area contributed by atoms with Crippen molar-refractivity contribution in [1.82, 2.24) is 20.2 Å². The third-order valence-electron chi connectivity index (χ3n) is 6.38. The zero-order chi connectivity index (χ0) is 23.8. The number of benzene rings is 2. The highest BCUT2D eigenvalue weighted by atomic mass is 16.5. The van der Waals surface area contributed by atoms with Gasteiger partial charge < -0.3 is 19.4 Å². The summed E-state index contributed by atoms with van der Waals surface area (Å²) >= 11 is 0. The van der Waals surface area contributed by atoms with Crippen molar-refractivity contribution in [2.45, 2.75) is 52.7 Å². The van der Waals surface area contributed by atoms with Gasteiger partial charge in [-0.2, -0.15) is 0 Å². The number of aromatic nitrogens is 2. The van der Waals surface area contributed by atoms with Crippen molar-refractivity contribution in [1.29, 1.82) is 0 Å². The second-order valence-corrected chi connectivity index (χ2v) is 9.81. The first-order valence-electron chi connectivity index (χ1n) is 11.4. The molecule has 0 aliphatic carbocycles. The lowest BCUT2D eigenvalue weighted by molar-refractivity contribution is -0.137. The van der Waals surface area contributed by atoms with Crippen LogP contribution in [0.25, 0.3) is 11.0 Å². The zero-order valence-corrected chi connectivity index (χ0v) is 20.4. The summed E-state index contributed by atoms with van der Waals surface area (Å²) in [5.74, 6) is 2.35. The van der Waals surface area contributed by atoms with Gasteiger partial charge in [0, 0.05) is 13.1 Å². The molecule has 0 saturated heterocycles. The van der Waals surface area contributed by atoms with E-state index in [1.165, 1.54) is 5.56 Å². The molecule has 176 valence electrons. The summed E-state index contributed by atoms with van der Waals surface area (Å²) < 4.78 is 10.9. The summed E-state index contributed by atoms with van der Waals surface area (Å²) in [5, 5.41) is 3.57. The number of rotatable bonds is 6. The van der Waals surface area contributed by atoms with Crippen LogP contribution in [0.15, 0.2) is 36.4 Å². The van der Waals surface area contributed by atoms with Gasteiger partial charge in [-0.25, -0.2) is 4.98 Å². The van der Waals surface area contributed by atoms with Gasteiger partial charge in [-0.05, 0) is 54.2 Å². The van der Waals surface area contributed by atoms with Crippen LogP contribution < -0.4 is 14.8 Å². The van der Waals surface area contributed by atoms with E-state index in [0.29, 0.717) is 18.8 Å². The topological polar surface area (TPSA) is 79.5 Å². The lowest BCUT2D eigenvalue weighted by atomic mass is 9.84. The number of H-pyrrole nitrogens is 1. The Balaban J connectivity index is 1.55. The molecule has 0 saturated carbocycles. The molecule has 1 aliphatic heterocycles. The fourth-order valence-corrected chi connectivity index (χ4v) is 4.45. The molecule has 7 heteroatoms. The van der Waals surface area contributed by atoms with Crippen LogP contribution in [0.5, 0.6) is 11.5 Å². The predicted octanol–water partition coefficient (Wildman–Crippen LogP) is 4.23. The van der Waals surface area contributed by atoms with E-state index in [4.69, 9.17) is 14.5 Å². The van der Waals surface area contributed by atoms with E-state index >= 15 is 0 Å². The molecule has 3 aromatic rings. The van der Waals surface area contributed by atoms with E-state index in [2.05, 4.69) is 31.1 Å². The zero-order valence-electron chi connectivity index (χ0n) is 20.4. The number of carbonyl (C=O) groups is 1. The van der Waals surface area contributed by atoms with Gasteiger partial charge in [-0.1, -0.05) is 32.9 Å². The van der Waals surface area contributed by atoms with Gasteiger partial charge in [0.1, 0.15) is 5.82 Å². The number of amides is 1. The van der Waals surface area contributed by atoms with Crippen LogP contribution in [-0.2, 0) is 17.8 Å². The third-order valence-corrected chi connectivity index (χ3v) is 6.38. The molecule has 2 heterocycles. The standard InChI is InChI=1S/C26H34N4O3/c1-16(24-28-19-9-7-8-10-20(19)29-24)27-23(26(2,3)4)25(31)30-12-11-17-13-21(32-5)22(33-6)14-18(17)15-30/h7-10,13-14,16,23,27H,11-12,15H2,1-6H3,(H,28,29). The maximum absolute atomic E-state index is 13.7. The summed E-state index contributed by atoms with van der Waals surface area (Å²) in [6, 6.07) is 11.5. The molecule has 2 N–H and O–H groups in total. The molecule has 1 amide bonds. The Morgan fingerprint density at radius 2 is 1.79 bits per heavy atom. The van der Waals surface area contributed by atoms with E-state index in [1.54, 1.807) is 14.2 Å². The average Bonchev–Trinajstić information content (AvgIpc) is 3.24. The van der Waals surface area contributed by atoms with E-state index < -0.39 is 0 Å². The number of imidazole rings is 1. The molecule has 0 bridgehead atoms. The molecule has 2 atom stereocenters. The Morgan fingerprint density at radius 1 is 1.12 bits per heavy atom. The highest BCUT2D eigenvalue weighted by molar-refractivity contribution is 5.83. The molecule has 1 aromatic heterocycles. The smallest absolute Gasteiger partial charge is 0.240 e. The van der Waals surface area contributed by atoms with Gasteiger partial charge >= 0.3 is 0 Å². The molecule has 4 rings (SSSR count). The average molecular weight is 451 g/mol. The van der Waals surface area contributed by atoms with Gasteiger partial charge in [0.2, 0.25) is 5.91 Å². The Labute approximate surface area is 195 Å². The van der Waals surface area contributed by atoms with Crippen molar-refractivity contribution in [2.24, 2.45) is 5.41 Å². The van der Waals surface area contributed by atoms with Crippen molar-refractivity contribution in [3.8, 4) is 11.5 Å². The van der Waals surface area contributed by atoms with Crippen LogP contribution in [0.1, 0.15) is 50.7 Å². The maximum Gasteiger partial charge on any atom is 0.240 e. The largest absolute Gasteiger partial charge is 0.493 e. The molecule has 1 aliphatic rings. The van der Waals surface area contributed by atoms with Gasteiger partial charge in [-0.15, -0.1) is 0 Å². The van der Waals surface area contributed by atoms with Crippen LogP contribution in [0.3, 0.4) is 0 Å². The quantitative estimate of drug-likeness (QED) is 0.588. The highest BCUT2D eigenvalue weighted by Crippen LogP contribution is 2.34. The number of para-hydroxylation sites is 2. The minimum atomic E-state index is -0.359. The second-order valence-electron chi connectivity index (χ2n) is 9.81. The van der Waals surface area contributed by atoms with Crippen LogP contribution in [0, 0.1) is 5.41 Å². The molecule has 33 heavy (non-hydrogen) atoms. The Hall–Kier alpha value is -3.06. The van der Waals surface area contributed by atoms with Crippen molar-refractivity contribution in [3.05, 3.63) is 53.3 Å². The molecule has 2 aromatic carbocycles. The van der Waals surface area contributed by atoms with Crippen LogP contribution >= 0.6 is 0 Å². The van der Waals surface area contributed by atoms with Gasteiger partial charge in [0.05, 0.1) is 37.3 Å². The number of aromatic amines is 1. The third kappa shape index (κ3) is 4.69. The number of carbonyl (C=O) groups excluding carboxylic acids is 1. The first kappa shape index (κ1) is 23.1. The minimum Gasteiger partial charge on any atom is -0.493 e. The predicted molar refractivity (Wildman–Crippen MR) is 130 cm³/mol. The first-order valence-corrected chi connectivity index (χ1v) is 11.4. The van der Waals surface area contributed by atoms with E-state index in [9.17, 15) is 4.79 Å². The normalized spacial score (nSPS) is 15.8. The highest BCUT2D eigenvalue weighted by Gasteiger charge is 2.37.